The van der Waals surface area contributed by atoms with E-state index in [1.165, 1.54) is 0 Å². The highest BCUT2D eigenvalue weighted by Crippen LogP contribution is 2.20. The number of amides is 2. The SMILES string of the molecule is CNC(C)Cc1noc([C@@H](NC(=O)NC(C)(C)C)C(C)C)n1.Cl. The van der Waals surface area contributed by atoms with Crippen molar-refractivity contribution >= 4 is 18.4 Å². The van der Waals surface area contributed by atoms with Gasteiger partial charge in [-0.05, 0) is 40.7 Å². The molecule has 0 fully saturated rings. The third kappa shape index (κ3) is 7.65. The summed E-state index contributed by atoms with van der Waals surface area (Å²) in [5.74, 6) is 1.22. The number of hydrogen-bond donors (Lipinski definition) is 3. The number of nitrogens with one attached hydrogen (secondary N) is 3. The average molecular weight is 348 g/mol. The maximum Gasteiger partial charge on any atom is 0.315 e. The van der Waals surface area contributed by atoms with Gasteiger partial charge in [-0.2, -0.15) is 4.98 Å². The van der Waals surface area contributed by atoms with Gasteiger partial charge in [0, 0.05) is 18.0 Å². The molecule has 2 atom stereocenters. The molecule has 0 radical (unpaired) electrons. The molecule has 1 aromatic rings. The first-order valence-electron chi connectivity index (χ1n) is 7.70. The summed E-state index contributed by atoms with van der Waals surface area (Å²) in [5.41, 5.74) is -0.298. The summed E-state index contributed by atoms with van der Waals surface area (Å²) in [5, 5.41) is 12.9. The maximum atomic E-state index is 12.1. The Bertz CT molecular complexity index is 484. The molecule has 3 N–H and O–H groups in total. The molecule has 0 saturated carbocycles. The molecule has 1 heterocycles. The summed E-state index contributed by atoms with van der Waals surface area (Å²) in [6.45, 7) is 11.8. The molecule has 1 unspecified atom stereocenters. The van der Waals surface area contributed by atoms with E-state index in [1.54, 1.807) is 0 Å². The molecule has 8 heteroatoms. The first kappa shape index (κ1) is 21.7. The normalized spacial score (nSPS) is 14.1. The van der Waals surface area contributed by atoms with Gasteiger partial charge in [0.1, 0.15) is 6.04 Å². The second kappa shape index (κ2) is 9.08. The molecule has 0 aliphatic heterocycles. The monoisotopic (exact) mass is 347 g/mol. The fourth-order valence-electron chi connectivity index (χ4n) is 1.88. The summed E-state index contributed by atoms with van der Waals surface area (Å²) in [7, 11) is 1.89. The topological polar surface area (TPSA) is 92.1 Å². The number of carbonyl (C=O) groups is 1. The zero-order valence-corrected chi connectivity index (χ0v) is 15.9. The first-order chi connectivity index (χ1) is 10.1. The molecule has 1 aromatic heterocycles. The summed E-state index contributed by atoms with van der Waals surface area (Å²) in [6.07, 6.45) is 0.680. The fraction of sp³-hybridized carbons (Fsp3) is 0.800. The molecule has 0 saturated heterocycles. The van der Waals surface area contributed by atoms with E-state index in [1.807, 2.05) is 48.6 Å². The average Bonchev–Trinajstić information content (AvgIpc) is 2.81. The smallest absolute Gasteiger partial charge is 0.315 e. The zero-order chi connectivity index (χ0) is 16.9. The number of nitrogens with zero attached hydrogens (tertiary/aromatic N) is 2. The van der Waals surface area contributed by atoms with Crippen LogP contribution in [0, 0.1) is 5.92 Å². The van der Waals surface area contributed by atoms with Gasteiger partial charge in [0.2, 0.25) is 5.89 Å². The van der Waals surface area contributed by atoms with E-state index < -0.39 is 0 Å². The highest BCUT2D eigenvalue weighted by atomic mass is 35.5. The van der Waals surface area contributed by atoms with Gasteiger partial charge in [-0.1, -0.05) is 19.0 Å². The summed E-state index contributed by atoms with van der Waals surface area (Å²) in [4.78, 5) is 16.5. The van der Waals surface area contributed by atoms with Gasteiger partial charge in [-0.3, -0.25) is 0 Å². The molecular weight excluding hydrogens is 318 g/mol. The number of rotatable bonds is 6. The second-order valence-electron chi connectivity index (χ2n) is 7.01. The number of urea groups is 1. The second-order valence-corrected chi connectivity index (χ2v) is 7.01. The van der Waals surface area contributed by atoms with Crippen LogP contribution in [-0.2, 0) is 6.42 Å². The molecule has 134 valence electrons. The number of halogens is 1. The molecular formula is C15H30ClN5O2. The van der Waals surface area contributed by atoms with Crippen LogP contribution in [0.1, 0.15) is 59.3 Å². The van der Waals surface area contributed by atoms with Crippen LogP contribution in [0.3, 0.4) is 0 Å². The summed E-state index contributed by atoms with van der Waals surface area (Å²) >= 11 is 0. The van der Waals surface area contributed by atoms with Crippen molar-refractivity contribution in [2.75, 3.05) is 7.05 Å². The third-order valence-electron chi connectivity index (χ3n) is 3.17. The highest BCUT2D eigenvalue weighted by molar-refractivity contribution is 5.85. The minimum Gasteiger partial charge on any atom is -0.337 e. The molecule has 0 aliphatic rings. The predicted octanol–water partition coefficient (Wildman–Crippen LogP) is 2.44. The van der Waals surface area contributed by atoms with E-state index in [2.05, 4.69) is 26.1 Å². The lowest BCUT2D eigenvalue weighted by Gasteiger charge is -2.24. The quantitative estimate of drug-likeness (QED) is 0.735. The Kier molecular flexibility index (Phi) is 8.55. The molecule has 1 rings (SSSR count). The number of carbonyl (C=O) groups excluding carboxylic acids is 1. The molecule has 0 spiro atoms. The van der Waals surface area contributed by atoms with Crippen molar-refractivity contribution in [2.24, 2.45) is 5.92 Å². The van der Waals surface area contributed by atoms with E-state index >= 15 is 0 Å². The molecule has 23 heavy (non-hydrogen) atoms. The lowest BCUT2D eigenvalue weighted by molar-refractivity contribution is 0.216. The largest absolute Gasteiger partial charge is 0.337 e. The lowest BCUT2D eigenvalue weighted by atomic mass is 10.0. The van der Waals surface area contributed by atoms with Crippen LogP contribution in [-0.4, -0.2) is 34.8 Å². The molecule has 7 nitrogen and oxygen atoms in total. The van der Waals surface area contributed by atoms with Gasteiger partial charge < -0.3 is 20.5 Å². The van der Waals surface area contributed by atoms with E-state index in [-0.39, 0.29) is 42.0 Å². The Morgan fingerprint density at radius 2 is 1.87 bits per heavy atom. The fourth-order valence-corrected chi connectivity index (χ4v) is 1.88. The van der Waals surface area contributed by atoms with Gasteiger partial charge in [0.15, 0.2) is 5.82 Å². The minimum atomic E-state index is -0.312. The molecule has 0 aromatic carbocycles. The summed E-state index contributed by atoms with van der Waals surface area (Å²) in [6, 6.07) is -0.289. The molecule has 0 bridgehead atoms. The van der Waals surface area contributed by atoms with Crippen molar-refractivity contribution in [3.63, 3.8) is 0 Å². The Morgan fingerprint density at radius 3 is 2.35 bits per heavy atom. The van der Waals surface area contributed by atoms with Crippen molar-refractivity contribution in [1.29, 1.82) is 0 Å². The van der Waals surface area contributed by atoms with Crippen molar-refractivity contribution in [2.45, 2.75) is 65.6 Å². The van der Waals surface area contributed by atoms with Gasteiger partial charge in [0.05, 0.1) is 0 Å². The van der Waals surface area contributed by atoms with Crippen LogP contribution in [0.25, 0.3) is 0 Å². The molecule has 0 aliphatic carbocycles. The van der Waals surface area contributed by atoms with Crippen LogP contribution in [0.5, 0.6) is 0 Å². The number of likely N-dealkylation sites (N-methyl/N-ethyl adjacent to an activating group) is 1. The maximum absolute atomic E-state index is 12.1. The predicted molar refractivity (Wildman–Crippen MR) is 92.8 cm³/mol. The van der Waals surface area contributed by atoms with E-state index in [0.717, 1.165) is 0 Å². The van der Waals surface area contributed by atoms with Gasteiger partial charge in [-0.25, -0.2) is 4.79 Å². The molecule has 2 amide bonds. The lowest BCUT2D eigenvalue weighted by Crippen LogP contribution is -2.48. The zero-order valence-electron chi connectivity index (χ0n) is 15.1. The highest BCUT2D eigenvalue weighted by Gasteiger charge is 2.26. The standard InChI is InChI=1S/C15H29N5O2.ClH/c1-9(2)12(18-14(21)19-15(4,5)6)13-17-11(20-22-13)8-10(3)16-7;/h9-10,12,16H,8H2,1-7H3,(H2,18,19,21);1H/t10?,12-;/m0./s1. The van der Waals surface area contributed by atoms with Gasteiger partial charge in [-0.15, -0.1) is 12.4 Å². The van der Waals surface area contributed by atoms with Gasteiger partial charge >= 0.3 is 6.03 Å². The Balaban J connectivity index is 0.00000484. The van der Waals surface area contributed by atoms with Crippen molar-refractivity contribution in [3.8, 4) is 0 Å². The van der Waals surface area contributed by atoms with Crippen LogP contribution in [0.2, 0.25) is 0 Å². The van der Waals surface area contributed by atoms with E-state index in [4.69, 9.17) is 4.52 Å². The Hall–Kier alpha value is -1.34. The third-order valence-corrected chi connectivity index (χ3v) is 3.17. The van der Waals surface area contributed by atoms with E-state index in [0.29, 0.717) is 18.1 Å². The van der Waals surface area contributed by atoms with Crippen molar-refractivity contribution in [3.05, 3.63) is 11.7 Å². The van der Waals surface area contributed by atoms with Crippen LogP contribution in [0.4, 0.5) is 4.79 Å². The minimum absolute atomic E-state index is 0. The van der Waals surface area contributed by atoms with Crippen molar-refractivity contribution in [1.82, 2.24) is 26.1 Å². The van der Waals surface area contributed by atoms with Gasteiger partial charge in [0.25, 0.3) is 0 Å². The number of aromatic nitrogens is 2. The Labute approximate surface area is 144 Å². The Morgan fingerprint density at radius 1 is 1.26 bits per heavy atom. The van der Waals surface area contributed by atoms with Crippen LogP contribution in [0.15, 0.2) is 4.52 Å². The number of hydrogen-bond acceptors (Lipinski definition) is 5. The van der Waals surface area contributed by atoms with Crippen LogP contribution < -0.4 is 16.0 Å². The van der Waals surface area contributed by atoms with Crippen LogP contribution >= 0.6 is 12.4 Å². The van der Waals surface area contributed by atoms with Crippen molar-refractivity contribution < 1.29 is 9.32 Å². The van der Waals surface area contributed by atoms with E-state index in [9.17, 15) is 4.79 Å². The summed E-state index contributed by atoms with van der Waals surface area (Å²) < 4.78 is 5.33. The first-order valence-corrected chi connectivity index (χ1v) is 7.70.